The van der Waals surface area contributed by atoms with E-state index >= 15 is 0 Å². The van der Waals surface area contributed by atoms with Crippen LogP contribution in [0.4, 0.5) is 11.6 Å². The van der Waals surface area contributed by atoms with Gasteiger partial charge in [-0.1, -0.05) is 12.1 Å². The van der Waals surface area contributed by atoms with Crippen molar-refractivity contribution in [1.29, 1.82) is 0 Å². The van der Waals surface area contributed by atoms with E-state index in [-0.39, 0.29) is 12.5 Å². The molecule has 1 saturated heterocycles. The highest BCUT2D eigenvalue weighted by Crippen LogP contribution is 2.31. The van der Waals surface area contributed by atoms with Gasteiger partial charge in [-0.15, -0.1) is 0 Å². The van der Waals surface area contributed by atoms with Gasteiger partial charge in [0, 0.05) is 19.2 Å². The number of amides is 1. The van der Waals surface area contributed by atoms with Gasteiger partial charge in [0.2, 0.25) is 6.10 Å². The summed E-state index contributed by atoms with van der Waals surface area (Å²) >= 11 is 0. The number of morpholine rings is 1. The first-order valence-electron chi connectivity index (χ1n) is 8.14. The molecule has 0 bridgehead atoms. The molecule has 25 heavy (non-hydrogen) atoms. The number of hydrogen-bond donors (Lipinski definition) is 1. The fourth-order valence-electron chi connectivity index (χ4n) is 2.74. The number of anilines is 2. The van der Waals surface area contributed by atoms with Crippen molar-refractivity contribution in [3.05, 3.63) is 36.7 Å². The van der Waals surface area contributed by atoms with Crippen LogP contribution in [0.3, 0.4) is 0 Å². The van der Waals surface area contributed by atoms with Crippen LogP contribution < -0.4 is 19.7 Å². The molecule has 1 N–H and O–H groups in total. The van der Waals surface area contributed by atoms with Crippen molar-refractivity contribution in [3.63, 3.8) is 0 Å². The Balaban J connectivity index is 1.43. The van der Waals surface area contributed by atoms with Crippen molar-refractivity contribution in [2.45, 2.75) is 6.10 Å². The minimum atomic E-state index is -0.725. The molecule has 1 unspecified atom stereocenters. The highest BCUT2D eigenvalue weighted by Gasteiger charge is 2.27. The number of nitrogens with zero attached hydrogens (tertiary/aromatic N) is 3. The molecule has 2 aliphatic heterocycles. The lowest BCUT2D eigenvalue weighted by molar-refractivity contribution is -0.125. The molecule has 1 aromatic carbocycles. The summed E-state index contributed by atoms with van der Waals surface area (Å²) in [5.41, 5.74) is 0. The first-order chi connectivity index (χ1) is 12.3. The van der Waals surface area contributed by atoms with Crippen LogP contribution >= 0.6 is 0 Å². The summed E-state index contributed by atoms with van der Waals surface area (Å²) in [6, 6.07) is 9.03. The minimum Gasteiger partial charge on any atom is -0.485 e. The lowest BCUT2D eigenvalue weighted by Gasteiger charge is -2.28. The number of benzene rings is 1. The van der Waals surface area contributed by atoms with Gasteiger partial charge in [-0.25, -0.2) is 9.97 Å². The Bertz CT molecular complexity index is 764. The lowest BCUT2D eigenvalue weighted by atomic mass is 10.2. The van der Waals surface area contributed by atoms with Gasteiger partial charge in [-0.2, -0.15) is 0 Å². The monoisotopic (exact) mass is 342 g/mol. The Hall–Kier alpha value is -2.87. The maximum Gasteiger partial charge on any atom is 0.270 e. The standard InChI is InChI=1S/C17H18N4O4/c22-17(14-10-24-12-3-1-2-4-13(12)25-14)20-15-9-16(19-11-18-15)21-5-7-23-8-6-21/h1-4,9,11,14H,5-8,10H2,(H,18,19,20,22). The van der Waals surface area contributed by atoms with Gasteiger partial charge in [0.05, 0.1) is 13.2 Å². The molecule has 8 heteroatoms. The third kappa shape index (κ3) is 3.48. The Kier molecular flexibility index (Phi) is 4.34. The molecule has 0 spiro atoms. The minimum absolute atomic E-state index is 0.157. The summed E-state index contributed by atoms with van der Waals surface area (Å²) < 4.78 is 16.6. The zero-order chi connectivity index (χ0) is 17.1. The third-order valence-electron chi connectivity index (χ3n) is 4.04. The molecule has 0 aliphatic carbocycles. The zero-order valence-corrected chi connectivity index (χ0v) is 13.6. The first kappa shape index (κ1) is 15.6. The van der Waals surface area contributed by atoms with Gasteiger partial charge >= 0.3 is 0 Å². The molecule has 0 saturated carbocycles. The van der Waals surface area contributed by atoms with Crippen LogP contribution in [0.5, 0.6) is 11.5 Å². The average Bonchev–Trinajstić information content (AvgIpc) is 2.68. The van der Waals surface area contributed by atoms with E-state index in [2.05, 4.69) is 20.2 Å². The molecular weight excluding hydrogens is 324 g/mol. The molecule has 0 radical (unpaired) electrons. The van der Waals surface area contributed by atoms with Crippen LogP contribution in [0.1, 0.15) is 0 Å². The van der Waals surface area contributed by atoms with Crippen molar-refractivity contribution in [2.75, 3.05) is 43.1 Å². The van der Waals surface area contributed by atoms with E-state index < -0.39 is 6.10 Å². The van der Waals surface area contributed by atoms with Crippen molar-refractivity contribution >= 4 is 17.5 Å². The van der Waals surface area contributed by atoms with Gasteiger partial charge < -0.3 is 24.4 Å². The lowest BCUT2D eigenvalue weighted by Crippen LogP contribution is -2.40. The van der Waals surface area contributed by atoms with E-state index in [0.717, 1.165) is 18.9 Å². The van der Waals surface area contributed by atoms with Gasteiger partial charge in [-0.05, 0) is 12.1 Å². The predicted octanol–water partition coefficient (Wildman–Crippen LogP) is 1.09. The largest absolute Gasteiger partial charge is 0.485 e. The number of rotatable bonds is 3. The number of aromatic nitrogens is 2. The molecule has 3 heterocycles. The highest BCUT2D eigenvalue weighted by atomic mass is 16.6. The smallest absolute Gasteiger partial charge is 0.270 e. The van der Waals surface area contributed by atoms with Crippen LogP contribution in [0.25, 0.3) is 0 Å². The number of para-hydroxylation sites is 2. The number of fused-ring (bicyclic) bond motifs is 1. The molecule has 1 fully saturated rings. The molecule has 1 amide bonds. The molecule has 2 aromatic rings. The van der Waals surface area contributed by atoms with Gasteiger partial charge in [0.1, 0.15) is 24.6 Å². The number of hydrogen-bond acceptors (Lipinski definition) is 7. The summed E-state index contributed by atoms with van der Waals surface area (Å²) in [5, 5.41) is 2.77. The van der Waals surface area contributed by atoms with Crippen LogP contribution in [-0.4, -0.2) is 54.9 Å². The summed E-state index contributed by atoms with van der Waals surface area (Å²) in [6.07, 6.45) is 0.713. The van der Waals surface area contributed by atoms with Crippen molar-refractivity contribution < 1.29 is 19.0 Å². The van der Waals surface area contributed by atoms with Crippen molar-refractivity contribution in [2.24, 2.45) is 0 Å². The number of carbonyl (C=O) groups excluding carboxylic acids is 1. The van der Waals surface area contributed by atoms with Crippen LogP contribution in [0, 0.1) is 0 Å². The second kappa shape index (κ2) is 6.94. The number of nitrogens with one attached hydrogen (secondary N) is 1. The maximum atomic E-state index is 12.5. The number of ether oxygens (including phenoxy) is 3. The van der Waals surface area contributed by atoms with E-state index in [4.69, 9.17) is 14.2 Å². The molecule has 4 rings (SSSR count). The topological polar surface area (TPSA) is 85.8 Å². The summed E-state index contributed by atoms with van der Waals surface area (Å²) in [7, 11) is 0. The van der Waals surface area contributed by atoms with Crippen molar-refractivity contribution in [1.82, 2.24) is 9.97 Å². The summed E-state index contributed by atoms with van der Waals surface area (Å²) in [4.78, 5) is 22.9. The third-order valence-corrected chi connectivity index (χ3v) is 4.04. The zero-order valence-electron chi connectivity index (χ0n) is 13.6. The maximum absolute atomic E-state index is 12.5. The van der Waals surface area contributed by atoms with Gasteiger partial charge in [-0.3, -0.25) is 4.79 Å². The molecular formula is C17H18N4O4. The predicted molar refractivity (Wildman–Crippen MR) is 90.0 cm³/mol. The Morgan fingerprint density at radius 3 is 2.80 bits per heavy atom. The average molecular weight is 342 g/mol. The Morgan fingerprint density at radius 1 is 1.16 bits per heavy atom. The fourth-order valence-corrected chi connectivity index (χ4v) is 2.74. The molecule has 1 atom stereocenters. The molecule has 130 valence electrons. The van der Waals surface area contributed by atoms with Gasteiger partial charge in [0.15, 0.2) is 11.5 Å². The van der Waals surface area contributed by atoms with E-state index in [1.807, 2.05) is 18.2 Å². The van der Waals surface area contributed by atoms with Crippen molar-refractivity contribution in [3.8, 4) is 11.5 Å². The van der Waals surface area contributed by atoms with E-state index in [1.54, 1.807) is 12.1 Å². The second-order valence-corrected chi connectivity index (χ2v) is 5.71. The second-order valence-electron chi connectivity index (χ2n) is 5.71. The SMILES string of the molecule is O=C(Nc1cc(N2CCOCC2)ncn1)C1COc2ccccc2O1. The first-order valence-corrected chi connectivity index (χ1v) is 8.14. The summed E-state index contributed by atoms with van der Waals surface area (Å²) in [6.45, 7) is 3.02. The quantitative estimate of drug-likeness (QED) is 0.893. The van der Waals surface area contributed by atoms with E-state index in [0.29, 0.717) is 30.5 Å². The van der Waals surface area contributed by atoms with E-state index in [9.17, 15) is 4.79 Å². The van der Waals surface area contributed by atoms with E-state index in [1.165, 1.54) is 6.33 Å². The van der Waals surface area contributed by atoms with Crippen LogP contribution in [0.15, 0.2) is 36.7 Å². The van der Waals surface area contributed by atoms with Crippen LogP contribution in [0.2, 0.25) is 0 Å². The Labute approximate surface area is 144 Å². The van der Waals surface area contributed by atoms with Crippen LogP contribution in [-0.2, 0) is 9.53 Å². The fraction of sp³-hybridized carbons (Fsp3) is 0.353. The number of carbonyl (C=O) groups is 1. The molecule has 1 aromatic heterocycles. The molecule has 8 nitrogen and oxygen atoms in total. The normalized spacial score (nSPS) is 19.4. The highest BCUT2D eigenvalue weighted by molar-refractivity contribution is 5.94. The van der Waals surface area contributed by atoms with Gasteiger partial charge in [0.25, 0.3) is 5.91 Å². The Morgan fingerprint density at radius 2 is 1.96 bits per heavy atom. The summed E-state index contributed by atoms with van der Waals surface area (Å²) in [5.74, 6) is 2.10. The molecule has 2 aliphatic rings.